The average molecular weight is 364 g/mol. The normalized spacial score (nSPS) is 13.6. The minimum atomic E-state index is -0.379. The lowest BCUT2D eigenvalue weighted by Gasteiger charge is -2.16. The van der Waals surface area contributed by atoms with Crippen LogP contribution in [-0.4, -0.2) is 36.1 Å². The van der Waals surface area contributed by atoms with Crippen molar-refractivity contribution in [2.45, 2.75) is 26.4 Å². The molecule has 0 atom stereocenters. The van der Waals surface area contributed by atoms with Crippen LogP contribution in [0, 0.1) is 5.82 Å². The molecule has 1 aliphatic rings. The number of halogens is 1. The minimum absolute atomic E-state index is 0.379. The second-order valence-corrected chi connectivity index (χ2v) is 6.41. The van der Waals surface area contributed by atoms with E-state index in [9.17, 15) is 4.39 Å². The van der Waals surface area contributed by atoms with E-state index in [1.807, 2.05) is 28.6 Å². The molecule has 0 saturated heterocycles. The third-order valence-electron chi connectivity index (χ3n) is 4.69. The number of pyridine rings is 2. The first-order chi connectivity index (χ1) is 13.2. The zero-order valence-electron chi connectivity index (χ0n) is 14.8. The van der Waals surface area contributed by atoms with Gasteiger partial charge in [-0.2, -0.15) is 10.2 Å². The predicted octanol–water partition coefficient (Wildman–Crippen LogP) is 3.30. The molecule has 0 amide bonds. The van der Waals surface area contributed by atoms with Crippen molar-refractivity contribution in [2.75, 3.05) is 6.61 Å². The zero-order chi connectivity index (χ0) is 18.4. The molecule has 27 heavy (non-hydrogen) atoms. The summed E-state index contributed by atoms with van der Waals surface area (Å²) in [5, 5.41) is 10.00. The maximum atomic E-state index is 13.3. The van der Waals surface area contributed by atoms with Crippen LogP contribution in [0.4, 0.5) is 4.39 Å². The molecule has 4 aromatic rings. The standard InChI is InChI=1S/C19H17FN6O/c1-2-25-18-13(10-23-25)8-12(9-22-18)16-17(15-5-4-14(20)11-21-15)24-26-6-3-7-27-19(16)26/h4-5,8-11H,2-3,6-7H2,1H3. The molecular formula is C19H17FN6O. The van der Waals surface area contributed by atoms with Crippen molar-refractivity contribution in [3.05, 3.63) is 42.6 Å². The van der Waals surface area contributed by atoms with Crippen LogP contribution >= 0.6 is 0 Å². The van der Waals surface area contributed by atoms with Crippen molar-refractivity contribution in [1.29, 1.82) is 0 Å². The van der Waals surface area contributed by atoms with E-state index in [0.29, 0.717) is 23.9 Å². The highest BCUT2D eigenvalue weighted by molar-refractivity contribution is 5.88. The van der Waals surface area contributed by atoms with Gasteiger partial charge < -0.3 is 4.74 Å². The van der Waals surface area contributed by atoms with Gasteiger partial charge in [0.1, 0.15) is 11.5 Å². The molecule has 1 aliphatic heterocycles. The van der Waals surface area contributed by atoms with Crippen LogP contribution in [0.15, 0.2) is 36.8 Å². The van der Waals surface area contributed by atoms with Gasteiger partial charge in [-0.25, -0.2) is 18.7 Å². The molecule has 0 radical (unpaired) electrons. The summed E-state index contributed by atoms with van der Waals surface area (Å²) < 4.78 is 23.0. The van der Waals surface area contributed by atoms with E-state index in [1.165, 1.54) is 12.3 Å². The summed E-state index contributed by atoms with van der Waals surface area (Å²) in [6, 6.07) is 5.05. The van der Waals surface area contributed by atoms with Gasteiger partial charge in [-0.3, -0.25) is 4.98 Å². The second kappa shape index (κ2) is 6.15. The molecule has 7 nitrogen and oxygen atoms in total. The maximum Gasteiger partial charge on any atom is 0.220 e. The van der Waals surface area contributed by atoms with E-state index in [0.717, 1.165) is 41.7 Å². The van der Waals surface area contributed by atoms with Gasteiger partial charge in [-0.1, -0.05) is 0 Å². The first-order valence-corrected chi connectivity index (χ1v) is 8.92. The highest BCUT2D eigenvalue weighted by atomic mass is 19.1. The van der Waals surface area contributed by atoms with Gasteiger partial charge in [0.05, 0.1) is 30.3 Å². The predicted molar refractivity (Wildman–Crippen MR) is 97.7 cm³/mol. The Morgan fingerprint density at radius 2 is 2.11 bits per heavy atom. The molecule has 4 aromatic heterocycles. The van der Waals surface area contributed by atoms with Crippen LogP contribution in [0.25, 0.3) is 33.5 Å². The van der Waals surface area contributed by atoms with E-state index >= 15 is 0 Å². The first kappa shape index (κ1) is 15.9. The topological polar surface area (TPSA) is 70.7 Å². The Morgan fingerprint density at radius 3 is 2.93 bits per heavy atom. The van der Waals surface area contributed by atoms with Crippen LogP contribution < -0.4 is 4.74 Å². The smallest absolute Gasteiger partial charge is 0.220 e. The fourth-order valence-corrected chi connectivity index (χ4v) is 3.42. The van der Waals surface area contributed by atoms with Crippen LogP contribution in [-0.2, 0) is 13.1 Å². The molecule has 0 saturated carbocycles. The zero-order valence-corrected chi connectivity index (χ0v) is 14.8. The average Bonchev–Trinajstić information content (AvgIpc) is 3.29. The molecule has 0 spiro atoms. The molecule has 8 heteroatoms. The third kappa shape index (κ3) is 2.56. The number of aryl methyl sites for hydroxylation is 2. The maximum absolute atomic E-state index is 13.3. The summed E-state index contributed by atoms with van der Waals surface area (Å²) in [4.78, 5) is 8.81. The molecule has 136 valence electrons. The van der Waals surface area contributed by atoms with Gasteiger partial charge in [-0.05, 0) is 25.1 Å². The number of hydrogen-bond donors (Lipinski definition) is 0. The van der Waals surface area contributed by atoms with E-state index in [2.05, 4.69) is 20.2 Å². The molecule has 0 aromatic carbocycles. The highest BCUT2D eigenvalue weighted by Gasteiger charge is 2.25. The molecule has 0 fully saturated rings. The number of aromatic nitrogens is 6. The Morgan fingerprint density at radius 1 is 1.19 bits per heavy atom. The van der Waals surface area contributed by atoms with Crippen molar-refractivity contribution in [3.63, 3.8) is 0 Å². The summed E-state index contributed by atoms with van der Waals surface area (Å²) >= 11 is 0. The second-order valence-electron chi connectivity index (χ2n) is 6.41. The fourth-order valence-electron chi connectivity index (χ4n) is 3.42. The van der Waals surface area contributed by atoms with Gasteiger partial charge >= 0.3 is 0 Å². The Hall–Kier alpha value is -3.29. The molecule has 5 rings (SSSR count). The number of nitrogens with zero attached hydrogens (tertiary/aromatic N) is 6. The van der Waals surface area contributed by atoms with Gasteiger partial charge in [0.2, 0.25) is 5.88 Å². The van der Waals surface area contributed by atoms with E-state index < -0.39 is 0 Å². The monoisotopic (exact) mass is 364 g/mol. The number of rotatable bonds is 3. The number of ether oxygens (including phenoxy) is 1. The van der Waals surface area contributed by atoms with Crippen molar-refractivity contribution in [3.8, 4) is 28.4 Å². The summed E-state index contributed by atoms with van der Waals surface area (Å²) in [7, 11) is 0. The fraction of sp³-hybridized carbons (Fsp3) is 0.263. The van der Waals surface area contributed by atoms with Gasteiger partial charge in [0.25, 0.3) is 0 Å². The molecule has 0 N–H and O–H groups in total. The van der Waals surface area contributed by atoms with Crippen LogP contribution in [0.1, 0.15) is 13.3 Å². The van der Waals surface area contributed by atoms with Crippen molar-refractivity contribution in [1.82, 2.24) is 29.5 Å². The molecular weight excluding hydrogens is 347 g/mol. The lowest BCUT2D eigenvalue weighted by Crippen LogP contribution is -2.14. The summed E-state index contributed by atoms with van der Waals surface area (Å²) in [5.74, 6) is 0.321. The lowest BCUT2D eigenvalue weighted by atomic mass is 10.0. The van der Waals surface area contributed by atoms with Crippen molar-refractivity contribution < 1.29 is 9.13 Å². The minimum Gasteiger partial charge on any atom is -0.477 e. The summed E-state index contributed by atoms with van der Waals surface area (Å²) in [5.41, 5.74) is 3.80. The SMILES string of the molecule is CCn1ncc2cc(-c3c(-c4ccc(F)cn4)nn4c3OCCC4)cnc21. The molecule has 0 bridgehead atoms. The van der Waals surface area contributed by atoms with E-state index in [1.54, 1.807) is 12.3 Å². The Bertz CT molecular complexity index is 1130. The van der Waals surface area contributed by atoms with E-state index in [4.69, 9.17) is 4.74 Å². The first-order valence-electron chi connectivity index (χ1n) is 8.92. The number of fused-ring (bicyclic) bond motifs is 2. The van der Waals surface area contributed by atoms with Gasteiger partial charge in [0.15, 0.2) is 5.65 Å². The lowest BCUT2D eigenvalue weighted by molar-refractivity contribution is 0.231. The summed E-state index contributed by atoms with van der Waals surface area (Å²) in [6.45, 7) is 4.20. The van der Waals surface area contributed by atoms with Crippen molar-refractivity contribution in [2.24, 2.45) is 0 Å². The Balaban J connectivity index is 1.72. The van der Waals surface area contributed by atoms with Crippen LogP contribution in [0.2, 0.25) is 0 Å². The molecule has 5 heterocycles. The van der Waals surface area contributed by atoms with Gasteiger partial charge in [0, 0.05) is 36.7 Å². The third-order valence-corrected chi connectivity index (χ3v) is 4.69. The summed E-state index contributed by atoms with van der Waals surface area (Å²) in [6.07, 6.45) is 5.71. The van der Waals surface area contributed by atoms with Crippen LogP contribution in [0.5, 0.6) is 5.88 Å². The van der Waals surface area contributed by atoms with Gasteiger partial charge in [-0.15, -0.1) is 0 Å². The van der Waals surface area contributed by atoms with Crippen molar-refractivity contribution >= 4 is 11.0 Å². The number of hydrogen-bond acceptors (Lipinski definition) is 5. The van der Waals surface area contributed by atoms with E-state index in [-0.39, 0.29) is 5.82 Å². The Kier molecular flexibility index (Phi) is 3.63. The van der Waals surface area contributed by atoms with Crippen LogP contribution in [0.3, 0.4) is 0 Å². The molecule has 0 aliphatic carbocycles. The molecule has 0 unspecified atom stereocenters. The Labute approximate surface area is 154 Å². The highest BCUT2D eigenvalue weighted by Crippen LogP contribution is 2.40. The largest absolute Gasteiger partial charge is 0.477 e. The quantitative estimate of drug-likeness (QED) is 0.558.